The van der Waals surface area contributed by atoms with Crippen LogP contribution in [0, 0.1) is 13.8 Å². The third-order valence-corrected chi connectivity index (χ3v) is 4.43. The summed E-state index contributed by atoms with van der Waals surface area (Å²) in [5.41, 5.74) is 3.03. The van der Waals surface area contributed by atoms with E-state index in [9.17, 15) is 0 Å². The summed E-state index contributed by atoms with van der Waals surface area (Å²) in [6.07, 6.45) is 3.58. The van der Waals surface area contributed by atoms with Crippen molar-refractivity contribution in [3.8, 4) is 11.6 Å². The first kappa shape index (κ1) is 19.2. The molecular weight excluding hydrogens is 332 g/mol. The summed E-state index contributed by atoms with van der Waals surface area (Å²) in [7, 11) is 2.00. The van der Waals surface area contributed by atoms with Gasteiger partial charge in [-0.05, 0) is 44.0 Å². The van der Waals surface area contributed by atoms with Crippen molar-refractivity contribution < 1.29 is 4.74 Å². The maximum Gasteiger partial charge on any atom is 0.223 e. The van der Waals surface area contributed by atoms with E-state index in [1.54, 1.807) is 24.0 Å². The fraction of sp³-hybridized carbons (Fsp3) is 0.421. The van der Waals surface area contributed by atoms with E-state index in [0.717, 1.165) is 34.3 Å². The topological polar surface area (TPSA) is 50.6 Å². The monoisotopic (exact) mass is 358 g/mol. The van der Waals surface area contributed by atoms with Crippen molar-refractivity contribution >= 4 is 23.8 Å². The molecule has 1 heterocycles. The van der Waals surface area contributed by atoms with Crippen LogP contribution < -0.4 is 4.74 Å². The zero-order chi connectivity index (χ0) is 18.4. The van der Waals surface area contributed by atoms with Gasteiger partial charge in [0.1, 0.15) is 5.75 Å². The maximum atomic E-state index is 5.99. The van der Waals surface area contributed by atoms with E-state index >= 15 is 0 Å². The van der Waals surface area contributed by atoms with Gasteiger partial charge >= 0.3 is 0 Å². The van der Waals surface area contributed by atoms with Gasteiger partial charge in [-0.25, -0.2) is 9.98 Å². The molecule has 1 aromatic heterocycles. The second-order valence-electron chi connectivity index (χ2n) is 6.17. The van der Waals surface area contributed by atoms with E-state index in [4.69, 9.17) is 4.74 Å². The molecule has 0 unspecified atom stereocenters. The lowest BCUT2D eigenvalue weighted by atomic mass is 10.1. The predicted octanol–water partition coefficient (Wildman–Crippen LogP) is 5.00. The number of aliphatic imine (C=N–C) groups is 1. The van der Waals surface area contributed by atoms with Crippen LogP contribution in [0.5, 0.6) is 11.6 Å². The highest BCUT2D eigenvalue weighted by Gasteiger charge is 2.09. The summed E-state index contributed by atoms with van der Waals surface area (Å²) in [5, 5.41) is 1.16. The summed E-state index contributed by atoms with van der Waals surface area (Å²) in [6.45, 7) is 11.3. The van der Waals surface area contributed by atoms with Crippen molar-refractivity contribution in [2.24, 2.45) is 4.99 Å². The van der Waals surface area contributed by atoms with Gasteiger partial charge in [0.05, 0.1) is 12.0 Å². The molecule has 0 aliphatic carbocycles. The molecule has 6 heteroatoms. The highest BCUT2D eigenvalue weighted by molar-refractivity contribution is 7.99. The summed E-state index contributed by atoms with van der Waals surface area (Å²) >= 11 is 1.62. The van der Waals surface area contributed by atoms with E-state index < -0.39 is 0 Å². The molecule has 0 radical (unpaired) electrons. The summed E-state index contributed by atoms with van der Waals surface area (Å²) in [4.78, 5) is 15.3. The maximum absolute atomic E-state index is 5.99. The molecule has 5 nitrogen and oxygen atoms in total. The lowest BCUT2D eigenvalue weighted by molar-refractivity contribution is 0.452. The first-order valence-electron chi connectivity index (χ1n) is 8.42. The van der Waals surface area contributed by atoms with E-state index in [0.29, 0.717) is 11.1 Å². The second-order valence-corrected chi connectivity index (χ2v) is 7.71. The number of nitrogens with zero attached hydrogens (tertiary/aromatic N) is 4. The quantitative estimate of drug-likeness (QED) is 0.302. The number of hydrogen-bond acceptors (Lipinski definition) is 5. The van der Waals surface area contributed by atoms with Crippen LogP contribution in [0.25, 0.3) is 0 Å². The Balaban J connectivity index is 2.21. The number of benzene rings is 1. The largest absolute Gasteiger partial charge is 0.439 e. The molecule has 2 rings (SSSR count). The zero-order valence-electron chi connectivity index (χ0n) is 15.8. The molecule has 2 aromatic rings. The highest BCUT2D eigenvalue weighted by Crippen LogP contribution is 2.31. The molecule has 1 aromatic carbocycles. The van der Waals surface area contributed by atoms with Crippen LogP contribution >= 0.6 is 11.8 Å². The van der Waals surface area contributed by atoms with Gasteiger partial charge in [-0.3, -0.25) is 0 Å². The predicted molar refractivity (Wildman–Crippen MR) is 105 cm³/mol. The van der Waals surface area contributed by atoms with Gasteiger partial charge < -0.3 is 9.64 Å². The van der Waals surface area contributed by atoms with Gasteiger partial charge in [-0.15, -0.1) is 0 Å². The molecule has 0 aliphatic rings. The van der Waals surface area contributed by atoms with Gasteiger partial charge in [-0.1, -0.05) is 25.6 Å². The Morgan fingerprint density at radius 1 is 1.28 bits per heavy atom. The Morgan fingerprint density at radius 3 is 2.72 bits per heavy atom. The minimum Gasteiger partial charge on any atom is -0.439 e. The molecule has 0 amide bonds. The molecule has 0 saturated heterocycles. The minimum atomic E-state index is 0.428. The third-order valence-electron chi connectivity index (χ3n) is 3.55. The second kappa shape index (κ2) is 8.85. The Kier molecular flexibility index (Phi) is 6.82. The number of ether oxygens (including phenoxy) is 1. The van der Waals surface area contributed by atoms with E-state index in [-0.39, 0.29) is 0 Å². The molecule has 0 fully saturated rings. The number of thioether (sulfide) groups is 1. The molecule has 134 valence electrons. The van der Waals surface area contributed by atoms with Crippen molar-refractivity contribution in [2.45, 2.75) is 45.0 Å². The molecule has 25 heavy (non-hydrogen) atoms. The van der Waals surface area contributed by atoms with E-state index in [2.05, 4.69) is 35.7 Å². The number of hydrogen-bond donors (Lipinski definition) is 0. The average Bonchev–Trinajstić information content (AvgIpc) is 2.56. The lowest BCUT2D eigenvalue weighted by Gasteiger charge is -2.12. The average molecular weight is 359 g/mol. The van der Waals surface area contributed by atoms with Crippen molar-refractivity contribution in [3.63, 3.8) is 0 Å². The standard InChI is InChI=1S/C19H26N4OS/c1-7-23(6)12-21-16-10-15(5)17(11-14(16)4)24-18-8-9-20-19(22-18)25-13(2)3/h8-13H,7H2,1-6H3. The van der Waals surface area contributed by atoms with Crippen molar-refractivity contribution in [3.05, 3.63) is 35.5 Å². The molecule has 0 saturated carbocycles. The van der Waals surface area contributed by atoms with Gasteiger partial charge in [0.25, 0.3) is 0 Å². The molecular formula is C19H26N4OS. The lowest BCUT2D eigenvalue weighted by Crippen LogP contribution is -2.14. The van der Waals surface area contributed by atoms with Crippen LogP contribution in [0.15, 0.2) is 34.5 Å². The van der Waals surface area contributed by atoms with Crippen molar-refractivity contribution in [2.75, 3.05) is 13.6 Å². The first-order valence-corrected chi connectivity index (χ1v) is 9.30. The van der Waals surface area contributed by atoms with Gasteiger partial charge in [0.15, 0.2) is 5.16 Å². The Labute approximate surface area is 154 Å². The summed E-state index contributed by atoms with van der Waals surface area (Å²) < 4.78 is 5.99. The molecule has 0 N–H and O–H groups in total. The number of aryl methyl sites for hydroxylation is 2. The zero-order valence-corrected chi connectivity index (χ0v) is 16.6. The van der Waals surface area contributed by atoms with Crippen molar-refractivity contribution in [1.82, 2.24) is 14.9 Å². The number of aromatic nitrogens is 2. The molecule has 0 aliphatic heterocycles. The van der Waals surface area contributed by atoms with Gasteiger partial charge in [0, 0.05) is 31.1 Å². The third kappa shape index (κ3) is 5.74. The van der Waals surface area contributed by atoms with Crippen LogP contribution in [0.3, 0.4) is 0 Å². The van der Waals surface area contributed by atoms with Crippen LogP contribution in [0.1, 0.15) is 31.9 Å². The van der Waals surface area contributed by atoms with Crippen LogP contribution in [0.2, 0.25) is 0 Å². The Hall–Kier alpha value is -2.08. The SMILES string of the molecule is CCN(C)C=Nc1cc(C)c(Oc2ccnc(SC(C)C)n2)cc1C. The summed E-state index contributed by atoms with van der Waals surface area (Å²) in [5.74, 6) is 1.35. The highest BCUT2D eigenvalue weighted by atomic mass is 32.2. The van der Waals surface area contributed by atoms with Crippen LogP contribution in [-0.2, 0) is 0 Å². The molecule has 0 spiro atoms. The van der Waals surface area contributed by atoms with Crippen LogP contribution in [0.4, 0.5) is 5.69 Å². The van der Waals surface area contributed by atoms with Gasteiger partial charge in [0.2, 0.25) is 5.88 Å². The van der Waals surface area contributed by atoms with Gasteiger partial charge in [-0.2, -0.15) is 4.98 Å². The fourth-order valence-corrected chi connectivity index (χ4v) is 2.71. The Bertz CT molecular complexity index is 746. The fourth-order valence-electron chi connectivity index (χ4n) is 2.03. The van der Waals surface area contributed by atoms with Crippen molar-refractivity contribution in [1.29, 1.82) is 0 Å². The first-order chi connectivity index (χ1) is 11.9. The van der Waals surface area contributed by atoms with E-state index in [1.807, 2.05) is 44.3 Å². The number of rotatable bonds is 7. The smallest absolute Gasteiger partial charge is 0.223 e. The normalized spacial score (nSPS) is 11.3. The molecule has 0 bridgehead atoms. The Morgan fingerprint density at radius 2 is 2.04 bits per heavy atom. The minimum absolute atomic E-state index is 0.428. The summed E-state index contributed by atoms with van der Waals surface area (Å²) in [6, 6.07) is 5.82. The van der Waals surface area contributed by atoms with E-state index in [1.165, 1.54) is 0 Å². The van der Waals surface area contributed by atoms with Crippen LogP contribution in [-0.4, -0.2) is 40.0 Å². The molecule has 0 atom stereocenters.